The molecule has 0 aromatic carbocycles. The topological polar surface area (TPSA) is 267 Å². The summed E-state index contributed by atoms with van der Waals surface area (Å²) < 4.78 is 44.5. The molecule has 1 spiro atoms. The van der Waals surface area contributed by atoms with Crippen molar-refractivity contribution in [3.05, 3.63) is 12.2 Å². The normalized spacial score (nSPS) is 58.3. The minimum atomic E-state index is -1.86. The minimum Gasteiger partial charge on any atom is -0.396 e. The van der Waals surface area contributed by atoms with Crippen molar-refractivity contribution in [2.75, 3.05) is 26.4 Å². The summed E-state index contributed by atoms with van der Waals surface area (Å²) in [6.45, 7) is 15.0. The van der Waals surface area contributed by atoms with Crippen molar-refractivity contribution in [1.29, 1.82) is 0 Å². The predicted molar refractivity (Wildman–Crippen MR) is 228 cm³/mol. The third-order valence-corrected chi connectivity index (χ3v) is 20.0. The highest BCUT2D eigenvalue weighted by molar-refractivity contribution is 5.35. The van der Waals surface area contributed by atoms with Crippen molar-refractivity contribution in [2.24, 2.45) is 50.2 Å². The lowest BCUT2D eigenvalue weighted by Crippen LogP contribution is -2.71. The number of rotatable bonds is 9. The summed E-state index contributed by atoms with van der Waals surface area (Å²) >= 11 is 0. The molecule has 17 heteroatoms. The molecule has 4 heterocycles. The molecule has 8 fully saturated rings. The first-order valence-electron chi connectivity index (χ1n) is 24.4. The Morgan fingerprint density at radius 3 is 1.80 bits per heavy atom. The zero-order chi connectivity index (χ0) is 47.0. The maximum Gasteiger partial charge on any atom is 0.187 e. The molecular weight excluding hydrogens is 849 g/mol. The van der Waals surface area contributed by atoms with Crippen LogP contribution in [0.15, 0.2) is 12.2 Å². The second kappa shape index (κ2) is 16.8. The Morgan fingerprint density at radius 1 is 0.600 bits per heavy atom. The predicted octanol–water partition coefficient (Wildman–Crippen LogP) is 0.630. The molecule has 9 aliphatic rings. The summed E-state index contributed by atoms with van der Waals surface area (Å²) in [7, 11) is 0. The molecule has 372 valence electrons. The Morgan fingerprint density at radius 2 is 1.20 bits per heavy atom. The summed E-state index contributed by atoms with van der Waals surface area (Å²) in [5, 5.41) is 108. The molecule has 65 heavy (non-hydrogen) atoms. The summed E-state index contributed by atoms with van der Waals surface area (Å²) in [6, 6.07) is 0. The minimum absolute atomic E-state index is 0.0162. The monoisotopic (exact) mass is 927 g/mol. The van der Waals surface area contributed by atoms with Gasteiger partial charge in [-0.15, -0.1) is 0 Å². The van der Waals surface area contributed by atoms with E-state index in [4.69, 9.17) is 33.2 Å². The Hall–Kier alpha value is -0.940. The van der Waals surface area contributed by atoms with E-state index >= 15 is 0 Å². The standard InChI is InChI=1S/C48H78O17/c1-23-30(52)37(64-39-35(57)33(55)31(53)24(19-49)61-39)38(65-40-36(58)34(56)32(54)25(20-50)62-40)41(60-23)63-29-10-11-43(4)26(44(29,5)21-51)8-12-45(6)27(43)9-13-48-28-18-42(2,3)14-16-47(28,22-59-48)17-15-46(45,48)7/h9,13,23-41,49-58H,8,10-12,14-22H2,1-7H3. The van der Waals surface area contributed by atoms with E-state index in [2.05, 4.69) is 46.8 Å². The molecule has 2 bridgehead atoms. The molecule has 10 N–H and O–H groups in total. The van der Waals surface area contributed by atoms with Crippen LogP contribution in [-0.4, -0.2) is 181 Å². The lowest BCUT2D eigenvalue weighted by molar-refractivity contribution is -0.398. The van der Waals surface area contributed by atoms with Gasteiger partial charge in [0.1, 0.15) is 67.1 Å². The molecule has 4 aliphatic heterocycles. The second-order valence-corrected chi connectivity index (χ2v) is 23.7. The van der Waals surface area contributed by atoms with Crippen molar-refractivity contribution in [3.8, 4) is 0 Å². The van der Waals surface area contributed by atoms with Crippen LogP contribution in [0.2, 0.25) is 0 Å². The highest BCUT2D eigenvalue weighted by atomic mass is 16.8. The van der Waals surface area contributed by atoms with Crippen LogP contribution in [0, 0.1) is 50.2 Å². The molecule has 25 unspecified atom stereocenters. The Bertz CT molecular complexity index is 1770. The van der Waals surface area contributed by atoms with Crippen LogP contribution in [0.4, 0.5) is 0 Å². The van der Waals surface area contributed by atoms with Gasteiger partial charge in [0.25, 0.3) is 0 Å². The number of hydrogen-bond donors (Lipinski definition) is 10. The lowest BCUT2D eigenvalue weighted by Gasteiger charge is -2.73. The van der Waals surface area contributed by atoms with Crippen LogP contribution in [0.1, 0.15) is 106 Å². The fourth-order valence-corrected chi connectivity index (χ4v) is 15.7. The van der Waals surface area contributed by atoms with Crippen LogP contribution in [0.5, 0.6) is 0 Å². The van der Waals surface area contributed by atoms with Gasteiger partial charge in [0, 0.05) is 16.7 Å². The fraction of sp³-hybridized carbons (Fsp3) is 0.958. The number of aliphatic hydroxyl groups is 10. The molecule has 17 nitrogen and oxygen atoms in total. The number of allylic oxidation sites excluding steroid dienone is 1. The fourth-order valence-electron chi connectivity index (χ4n) is 15.7. The van der Waals surface area contributed by atoms with E-state index in [0.29, 0.717) is 12.3 Å². The van der Waals surface area contributed by atoms with E-state index in [1.54, 1.807) is 6.92 Å². The summed E-state index contributed by atoms with van der Waals surface area (Å²) in [5.41, 5.74) is -1.12. The number of aliphatic hydroxyl groups excluding tert-OH is 10. The summed E-state index contributed by atoms with van der Waals surface area (Å²) in [4.78, 5) is 0. The van der Waals surface area contributed by atoms with Crippen LogP contribution in [0.25, 0.3) is 0 Å². The average Bonchev–Trinajstić information content (AvgIpc) is 3.51. The maximum atomic E-state index is 11.7. The van der Waals surface area contributed by atoms with Crippen LogP contribution >= 0.6 is 0 Å². The molecule has 0 aromatic rings. The van der Waals surface area contributed by atoms with Crippen LogP contribution in [-0.2, 0) is 33.2 Å². The SMILES string of the molecule is CC1OC(OC2CCC3(C)C(CCC4(C)C3C=CC35OCC6(CCC(C)(C)CC63)CCC45C)C2(C)CO)C(OC2OC(CO)C(O)C(O)C2O)C(OC2OC(CO)C(O)C(O)C2O)C1O. The molecule has 4 saturated carbocycles. The van der Waals surface area contributed by atoms with E-state index in [1.807, 2.05) is 6.92 Å². The third kappa shape index (κ3) is 7.09. The molecule has 0 radical (unpaired) electrons. The Kier molecular flexibility index (Phi) is 12.7. The van der Waals surface area contributed by atoms with Crippen LogP contribution in [0.3, 0.4) is 0 Å². The molecule has 5 aliphatic carbocycles. The first kappa shape index (κ1) is 49.1. The second-order valence-electron chi connectivity index (χ2n) is 23.7. The van der Waals surface area contributed by atoms with Gasteiger partial charge in [0.15, 0.2) is 18.9 Å². The molecule has 9 rings (SSSR count). The van der Waals surface area contributed by atoms with Crippen molar-refractivity contribution >= 4 is 0 Å². The maximum absolute atomic E-state index is 11.7. The number of hydrogen-bond acceptors (Lipinski definition) is 17. The zero-order valence-electron chi connectivity index (χ0n) is 39.1. The van der Waals surface area contributed by atoms with Gasteiger partial charge in [0.05, 0.1) is 44.2 Å². The first-order valence-corrected chi connectivity index (χ1v) is 24.4. The van der Waals surface area contributed by atoms with Crippen molar-refractivity contribution < 1.29 is 84.2 Å². The van der Waals surface area contributed by atoms with Gasteiger partial charge in [-0.05, 0) is 98.2 Å². The van der Waals surface area contributed by atoms with Gasteiger partial charge in [-0.3, -0.25) is 0 Å². The Balaban J connectivity index is 1.02. The van der Waals surface area contributed by atoms with Gasteiger partial charge in [-0.1, -0.05) is 53.7 Å². The van der Waals surface area contributed by atoms with E-state index in [9.17, 15) is 51.1 Å². The van der Waals surface area contributed by atoms with Gasteiger partial charge >= 0.3 is 0 Å². The number of fused-ring (bicyclic) bond motifs is 4. The van der Waals surface area contributed by atoms with Crippen molar-refractivity contribution in [1.82, 2.24) is 0 Å². The van der Waals surface area contributed by atoms with Gasteiger partial charge in [-0.25, -0.2) is 0 Å². The Labute approximate surface area is 382 Å². The van der Waals surface area contributed by atoms with E-state index in [0.717, 1.165) is 38.7 Å². The molecule has 25 atom stereocenters. The van der Waals surface area contributed by atoms with Gasteiger partial charge in [-0.2, -0.15) is 0 Å². The molecule has 0 aromatic heterocycles. The van der Waals surface area contributed by atoms with E-state index < -0.39 is 117 Å². The summed E-state index contributed by atoms with van der Waals surface area (Å²) in [5.74, 6) is 0.633. The molecule has 0 amide bonds. The van der Waals surface area contributed by atoms with Crippen molar-refractivity contribution in [2.45, 2.75) is 210 Å². The largest absolute Gasteiger partial charge is 0.396 e. The van der Waals surface area contributed by atoms with Gasteiger partial charge < -0.3 is 84.2 Å². The van der Waals surface area contributed by atoms with Crippen LogP contribution < -0.4 is 0 Å². The molecular formula is C48H78O17. The number of ether oxygens (including phenoxy) is 7. The highest BCUT2D eigenvalue weighted by Gasteiger charge is 2.77. The average molecular weight is 927 g/mol. The quantitative estimate of drug-likeness (QED) is 0.112. The smallest absolute Gasteiger partial charge is 0.187 e. The zero-order valence-corrected chi connectivity index (χ0v) is 39.1. The third-order valence-electron chi connectivity index (χ3n) is 20.0. The lowest BCUT2D eigenvalue weighted by atomic mass is 9.32. The van der Waals surface area contributed by atoms with Crippen molar-refractivity contribution in [3.63, 3.8) is 0 Å². The first-order chi connectivity index (χ1) is 30.5. The molecule has 4 saturated heterocycles. The van der Waals surface area contributed by atoms with Gasteiger partial charge in [0.2, 0.25) is 0 Å². The van der Waals surface area contributed by atoms with E-state index in [-0.39, 0.29) is 51.1 Å². The summed E-state index contributed by atoms with van der Waals surface area (Å²) in [6.07, 6.45) is -10.7. The van der Waals surface area contributed by atoms with E-state index in [1.165, 1.54) is 19.3 Å². The highest BCUT2D eigenvalue weighted by Crippen LogP contribution is 2.79.